The molecule has 3 nitrogen and oxygen atoms in total. The second kappa shape index (κ2) is 7.58. The predicted octanol–water partition coefficient (Wildman–Crippen LogP) is 4.57. The maximum absolute atomic E-state index is 12.3. The molecule has 1 aromatic carbocycles. The lowest BCUT2D eigenvalue weighted by Crippen LogP contribution is -2.41. The third-order valence-electron chi connectivity index (χ3n) is 4.38. The van der Waals surface area contributed by atoms with E-state index < -0.39 is 0 Å². The van der Waals surface area contributed by atoms with Crippen LogP contribution >= 0.6 is 11.6 Å². The first-order chi connectivity index (χ1) is 12.1. The van der Waals surface area contributed by atoms with Crippen LogP contribution in [-0.2, 0) is 0 Å². The van der Waals surface area contributed by atoms with Crippen LogP contribution in [-0.4, -0.2) is 34.7 Å². The van der Waals surface area contributed by atoms with E-state index in [2.05, 4.69) is 22.5 Å². The van der Waals surface area contributed by atoms with Crippen LogP contribution in [0.5, 0.6) is 0 Å². The second-order valence-corrected chi connectivity index (χ2v) is 6.45. The lowest BCUT2D eigenvalue weighted by Gasteiger charge is -2.35. The van der Waals surface area contributed by atoms with Crippen molar-refractivity contribution in [3.05, 3.63) is 95.5 Å². The number of hydrogen-bond donors (Lipinski definition) is 0. The molecule has 2 heterocycles. The lowest BCUT2D eigenvalue weighted by molar-refractivity contribution is 0.104. The number of carbonyl (C=O) groups excluding carboxylic acids is 1. The minimum Gasteiger partial charge on any atom is -0.358 e. The van der Waals surface area contributed by atoms with Crippen LogP contribution in [0.2, 0.25) is 5.02 Å². The molecule has 0 radical (unpaired) electrons. The number of carbonyl (C=O) groups is 1. The quantitative estimate of drug-likeness (QED) is 0.426. The molecule has 0 aliphatic carbocycles. The number of halogens is 1. The number of piperazine rings is 1. The van der Waals surface area contributed by atoms with E-state index in [9.17, 15) is 4.79 Å². The smallest absolute Gasteiger partial charge is 0.188 e. The molecular formula is C21H21ClN2O. The van der Waals surface area contributed by atoms with Crippen molar-refractivity contribution in [3.63, 3.8) is 0 Å². The largest absolute Gasteiger partial charge is 0.358 e. The van der Waals surface area contributed by atoms with Gasteiger partial charge in [-0.05, 0) is 31.2 Å². The molecule has 2 bridgehead atoms. The maximum atomic E-state index is 12.3. The molecule has 0 aromatic heterocycles. The Bertz CT molecular complexity index is 804. The summed E-state index contributed by atoms with van der Waals surface area (Å²) in [6.07, 6.45) is 13.7. The topological polar surface area (TPSA) is 23.6 Å². The van der Waals surface area contributed by atoms with E-state index in [1.165, 1.54) is 5.70 Å². The Hall–Kier alpha value is -2.52. The Balaban J connectivity index is 1.60. The van der Waals surface area contributed by atoms with E-state index in [0.717, 1.165) is 18.8 Å². The van der Waals surface area contributed by atoms with Crippen LogP contribution in [0, 0.1) is 0 Å². The van der Waals surface area contributed by atoms with Gasteiger partial charge in [-0.15, -0.1) is 0 Å². The molecule has 0 spiro atoms. The number of hydrogen-bond acceptors (Lipinski definition) is 3. The summed E-state index contributed by atoms with van der Waals surface area (Å²) in [6.45, 7) is 7.78. The maximum Gasteiger partial charge on any atom is 0.188 e. The molecule has 25 heavy (non-hydrogen) atoms. The molecule has 4 heteroatoms. The highest BCUT2D eigenvalue weighted by Crippen LogP contribution is 2.31. The van der Waals surface area contributed by atoms with Gasteiger partial charge >= 0.3 is 0 Å². The molecule has 0 saturated heterocycles. The number of allylic oxidation sites excluding steroid dienone is 5. The average molecular weight is 353 g/mol. The average Bonchev–Trinajstić information content (AvgIpc) is 3.20. The zero-order valence-corrected chi connectivity index (χ0v) is 15.0. The Morgan fingerprint density at radius 1 is 1.28 bits per heavy atom. The van der Waals surface area contributed by atoms with Crippen molar-refractivity contribution in [2.24, 2.45) is 0 Å². The molecule has 2 aliphatic heterocycles. The molecule has 1 atom stereocenters. The van der Waals surface area contributed by atoms with Gasteiger partial charge in [0.05, 0.1) is 17.6 Å². The minimum atomic E-state index is -0.0791. The molecule has 1 aromatic rings. The van der Waals surface area contributed by atoms with Crippen molar-refractivity contribution in [1.82, 2.24) is 9.80 Å². The summed E-state index contributed by atoms with van der Waals surface area (Å²) >= 11 is 6.08. The van der Waals surface area contributed by atoms with E-state index in [1.807, 2.05) is 49.6 Å². The highest BCUT2D eigenvalue weighted by atomic mass is 35.5. The van der Waals surface area contributed by atoms with E-state index >= 15 is 0 Å². The van der Waals surface area contributed by atoms with Crippen LogP contribution < -0.4 is 0 Å². The highest BCUT2D eigenvalue weighted by molar-refractivity contribution is 6.34. The molecule has 0 amide bonds. The standard InChI is InChI=1S/C21H21ClN2O/c1-3-4-5-8-16(2)24-15-17-13-18(24)14-23(17)12-11-21(25)19-9-6-7-10-20(19)22/h3-13,18H,2,14-15H2,1H3/b4-3-,8-5-,12-11+. The van der Waals surface area contributed by atoms with Crippen molar-refractivity contribution in [3.8, 4) is 0 Å². The van der Waals surface area contributed by atoms with Crippen LogP contribution in [0.25, 0.3) is 0 Å². The fourth-order valence-electron chi connectivity index (χ4n) is 3.07. The minimum absolute atomic E-state index is 0.0791. The molecule has 3 rings (SSSR count). The van der Waals surface area contributed by atoms with E-state index in [0.29, 0.717) is 16.6 Å². The van der Waals surface area contributed by atoms with Gasteiger partial charge in [0.1, 0.15) is 0 Å². The Morgan fingerprint density at radius 2 is 2.08 bits per heavy atom. The van der Waals surface area contributed by atoms with Gasteiger partial charge in [-0.2, -0.15) is 0 Å². The van der Waals surface area contributed by atoms with Gasteiger partial charge in [0, 0.05) is 35.8 Å². The Morgan fingerprint density at radius 3 is 2.76 bits per heavy atom. The lowest BCUT2D eigenvalue weighted by atomic mass is 10.1. The molecule has 2 aliphatic rings. The first kappa shape index (κ1) is 17.3. The number of nitrogens with zero attached hydrogens (tertiary/aromatic N) is 2. The predicted molar refractivity (Wildman–Crippen MR) is 103 cm³/mol. The van der Waals surface area contributed by atoms with Crippen LogP contribution in [0.3, 0.4) is 0 Å². The first-order valence-corrected chi connectivity index (χ1v) is 8.67. The summed E-state index contributed by atoms with van der Waals surface area (Å²) in [5, 5.41) is 0.481. The van der Waals surface area contributed by atoms with Gasteiger partial charge in [0.2, 0.25) is 0 Å². The van der Waals surface area contributed by atoms with Gasteiger partial charge in [0.15, 0.2) is 5.78 Å². The molecule has 0 N–H and O–H groups in total. The van der Waals surface area contributed by atoms with Gasteiger partial charge in [-0.3, -0.25) is 4.79 Å². The summed E-state index contributed by atoms with van der Waals surface area (Å²) in [5.74, 6) is -0.0791. The molecule has 128 valence electrons. The summed E-state index contributed by atoms with van der Waals surface area (Å²) in [7, 11) is 0. The van der Waals surface area contributed by atoms with Crippen molar-refractivity contribution in [1.29, 1.82) is 0 Å². The Labute approximate surface area is 153 Å². The van der Waals surface area contributed by atoms with Gasteiger partial charge < -0.3 is 9.80 Å². The zero-order chi connectivity index (χ0) is 17.8. The fourth-order valence-corrected chi connectivity index (χ4v) is 3.30. The van der Waals surface area contributed by atoms with Crippen molar-refractivity contribution in [2.75, 3.05) is 13.1 Å². The fraction of sp³-hybridized carbons (Fsp3) is 0.190. The van der Waals surface area contributed by atoms with Crippen molar-refractivity contribution in [2.45, 2.75) is 13.0 Å². The monoisotopic (exact) mass is 352 g/mol. The molecular weight excluding hydrogens is 332 g/mol. The third kappa shape index (κ3) is 3.77. The van der Waals surface area contributed by atoms with Crippen LogP contribution in [0.1, 0.15) is 17.3 Å². The summed E-state index contributed by atoms with van der Waals surface area (Å²) in [6, 6.07) is 7.41. The van der Waals surface area contributed by atoms with Crippen molar-refractivity contribution >= 4 is 17.4 Å². The highest BCUT2D eigenvalue weighted by Gasteiger charge is 2.34. The zero-order valence-electron chi connectivity index (χ0n) is 14.2. The van der Waals surface area contributed by atoms with E-state index in [1.54, 1.807) is 18.2 Å². The van der Waals surface area contributed by atoms with Gasteiger partial charge in [-0.1, -0.05) is 48.5 Å². The normalized spacial score (nSPS) is 19.6. The molecule has 0 saturated carbocycles. The second-order valence-electron chi connectivity index (χ2n) is 6.04. The first-order valence-electron chi connectivity index (χ1n) is 8.29. The van der Waals surface area contributed by atoms with Crippen molar-refractivity contribution < 1.29 is 4.79 Å². The summed E-state index contributed by atoms with van der Waals surface area (Å²) in [5.41, 5.74) is 2.74. The molecule has 1 unspecified atom stereocenters. The molecule has 0 fully saturated rings. The Kier molecular flexibility index (Phi) is 5.25. The van der Waals surface area contributed by atoms with Crippen LogP contribution in [0.4, 0.5) is 0 Å². The summed E-state index contributed by atoms with van der Waals surface area (Å²) < 4.78 is 0. The SMILES string of the molecule is C=C(/C=C\C=C/C)N1CC2=CC1CN2/C=C/C(=O)c1ccccc1Cl. The van der Waals surface area contributed by atoms with E-state index in [4.69, 9.17) is 11.6 Å². The third-order valence-corrected chi connectivity index (χ3v) is 4.71. The number of ketones is 1. The van der Waals surface area contributed by atoms with Gasteiger partial charge in [0.25, 0.3) is 0 Å². The van der Waals surface area contributed by atoms with E-state index in [-0.39, 0.29) is 5.78 Å². The number of benzene rings is 1. The van der Waals surface area contributed by atoms with Crippen LogP contribution in [0.15, 0.2) is 84.9 Å². The number of rotatable bonds is 6. The van der Waals surface area contributed by atoms with Gasteiger partial charge in [-0.25, -0.2) is 0 Å². The summed E-state index contributed by atoms with van der Waals surface area (Å²) in [4.78, 5) is 16.7. The number of fused-ring (bicyclic) bond motifs is 1.